The van der Waals surface area contributed by atoms with Crippen LogP contribution in [-0.2, 0) is 30.0 Å². The molecule has 0 radical (unpaired) electrons. The molecule has 0 aliphatic heterocycles. The molecule has 0 saturated heterocycles. The third kappa shape index (κ3) is 9.19. The summed E-state index contributed by atoms with van der Waals surface area (Å²) >= 11 is 0. The number of carbonyl (C=O) groups excluding carboxylic acids is 1. The SMILES string of the molecule is CCN(CC)CCCS(=O)(=O)N[C@H](CCc1ccccc1)c1nc(CNC(=O)c2ccc(F)c(F)c2)n(C)n1. The zero-order valence-corrected chi connectivity index (χ0v) is 23.3. The molecule has 2 N–H and O–H groups in total. The lowest BCUT2D eigenvalue weighted by molar-refractivity contribution is 0.0949. The molecule has 0 bridgehead atoms. The van der Waals surface area contributed by atoms with Crippen LogP contribution in [-0.4, -0.2) is 59.4 Å². The van der Waals surface area contributed by atoms with E-state index in [1.165, 1.54) is 10.7 Å². The van der Waals surface area contributed by atoms with Gasteiger partial charge in [0.1, 0.15) is 5.82 Å². The predicted molar refractivity (Wildman–Crippen MR) is 145 cm³/mol. The van der Waals surface area contributed by atoms with Gasteiger partial charge in [0.15, 0.2) is 17.5 Å². The summed E-state index contributed by atoms with van der Waals surface area (Å²) in [7, 11) is -1.98. The lowest BCUT2D eigenvalue weighted by Crippen LogP contribution is -2.33. The number of hydrogen-bond donors (Lipinski definition) is 2. The summed E-state index contributed by atoms with van der Waals surface area (Å²) in [5.74, 6) is -2.11. The van der Waals surface area contributed by atoms with Crippen molar-refractivity contribution in [3.05, 3.63) is 82.9 Å². The molecule has 0 unspecified atom stereocenters. The Bertz CT molecular complexity index is 1330. The number of aryl methyl sites for hydroxylation is 2. The van der Waals surface area contributed by atoms with E-state index in [2.05, 4.69) is 25.0 Å². The van der Waals surface area contributed by atoms with E-state index in [4.69, 9.17) is 0 Å². The third-order valence-corrected chi connectivity index (χ3v) is 7.91. The van der Waals surface area contributed by atoms with Gasteiger partial charge in [-0.2, -0.15) is 5.10 Å². The maximum absolute atomic E-state index is 13.5. The Morgan fingerprint density at radius 2 is 1.79 bits per heavy atom. The van der Waals surface area contributed by atoms with Gasteiger partial charge >= 0.3 is 0 Å². The van der Waals surface area contributed by atoms with E-state index in [1.54, 1.807) is 7.05 Å². The number of nitrogens with one attached hydrogen (secondary N) is 2. The molecule has 1 heterocycles. The second kappa shape index (κ2) is 14.2. The standard InChI is InChI=1S/C27H36F2N6O3S/c1-4-35(5-2)16-9-17-39(37,38)33-24(15-12-20-10-7-6-8-11-20)26-31-25(34(3)32-26)19-30-27(36)21-13-14-22(28)23(29)18-21/h6-8,10-11,13-14,18,24,33H,4-5,9,12,15-17,19H2,1-3H3,(H,30,36)/t24-/m1/s1. The van der Waals surface area contributed by atoms with E-state index in [0.29, 0.717) is 31.6 Å². The molecule has 0 fully saturated rings. The molecule has 212 valence electrons. The van der Waals surface area contributed by atoms with Crippen molar-refractivity contribution in [1.29, 1.82) is 0 Å². The van der Waals surface area contributed by atoms with Crippen molar-refractivity contribution in [2.75, 3.05) is 25.4 Å². The van der Waals surface area contributed by atoms with Gasteiger partial charge < -0.3 is 10.2 Å². The highest BCUT2D eigenvalue weighted by Gasteiger charge is 2.24. The average molecular weight is 563 g/mol. The second-order valence-electron chi connectivity index (χ2n) is 9.22. The number of carbonyl (C=O) groups is 1. The van der Waals surface area contributed by atoms with Gasteiger partial charge in [0, 0.05) is 12.6 Å². The van der Waals surface area contributed by atoms with Gasteiger partial charge in [0.05, 0.1) is 18.3 Å². The van der Waals surface area contributed by atoms with E-state index >= 15 is 0 Å². The molecule has 1 aromatic heterocycles. The first-order valence-electron chi connectivity index (χ1n) is 13.0. The molecule has 39 heavy (non-hydrogen) atoms. The van der Waals surface area contributed by atoms with Gasteiger partial charge in [-0.05, 0) is 62.7 Å². The number of aromatic nitrogens is 3. The number of sulfonamides is 1. The fourth-order valence-electron chi connectivity index (χ4n) is 4.13. The molecule has 0 saturated carbocycles. The third-order valence-electron chi connectivity index (χ3n) is 6.44. The molecular weight excluding hydrogens is 526 g/mol. The lowest BCUT2D eigenvalue weighted by Gasteiger charge is -2.19. The summed E-state index contributed by atoms with van der Waals surface area (Å²) in [5, 5.41) is 7.04. The van der Waals surface area contributed by atoms with Crippen LogP contribution in [0.3, 0.4) is 0 Å². The molecule has 1 atom stereocenters. The van der Waals surface area contributed by atoms with E-state index in [-0.39, 0.29) is 23.7 Å². The molecule has 1 amide bonds. The summed E-state index contributed by atoms with van der Waals surface area (Å²) in [6.45, 7) is 6.45. The number of nitrogens with zero attached hydrogens (tertiary/aromatic N) is 4. The maximum atomic E-state index is 13.5. The molecule has 0 spiro atoms. The molecule has 2 aromatic carbocycles. The Hall–Kier alpha value is -3.22. The van der Waals surface area contributed by atoms with Crippen LogP contribution in [0.5, 0.6) is 0 Å². The highest BCUT2D eigenvalue weighted by Crippen LogP contribution is 2.19. The summed E-state index contributed by atoms with van der Waals surface area (Å²) in [4.78, 5) is 19.1. The Labute approximate surface area is 228 Å². The van der Waals surface area contributed by atoms with Crippen LogP contribution in [0.4, 0.5) is 8.78 Å². The summed E-state index contributed by atoms with van der Waals surface area (Å²) in [6, 6.07) is 11.9. The number of benzene rings is 2. The van der Waals surface area contributed by atoms with Crippen LogP contribution < -0.4 is 10.0 Å². The van der Waals surface area contributed by atoms with E-state index < -0.39 is 33.6 Å². The van der Waals surface area contributed by atoms with Gasteiger partial charge in [-0.15, -0.1) is 0 Å². The number of rotatable bonds is 15. The van der Waals surface area contributed by atoms with Crippen LogP contribution in [0.2, 0.25) is 0 Å². The first-order chi connectivity index (χ1) is 18.6. The monoisotopic (exact) mass is 562 g/mol. The minimum absolute atomic E-state index is 0.0185. The Morgan fingerprint density at radius 3 is 2.46 bits per heavy atom. The fourth-order valence-corrected chi connectivity index (χ4v) is 5.41. The predicted octanol–water partition coefficient (Wildman–Crippen LogP) is 3.35. The second-order valence-corrected chi connectivity index (χ2v) is 11.1. The van der Waals surface area contributed by atoms with Gasteiger partial charge in [-0.25, -0.2) is 26.9 Å². The summed E-state index contributed by atoms with van der Waals surface area (Å²) < 4.78 is 56.9. The van der Waals surface area contributed by atoms with E-state index in [9.17, 15) is 22.0 Å². The van der Waals surface area contributed by atoms with Crippen LogP contribution in [0, 0.1) is 11.6 Å². The number of hydrogen-bond acceptors (Lipinski definition) is 6. The van der Waals surface area contributed by atoms with E-state index in [0.717, 1.165) is 30.8 Å². The fraction of sp³-hybridized carbons (Fsp3) is 0.444. The van der Waals surface area contributed by atoms with Crippen LogP contribution >= 0.6 is 0 Å². The highest BCUT2D eigenvalue weighted by molar-refractivity contribution is 7.89. The zero-order valence-electron chi connectivity index (χ0n) is 22.5. The molecular formula is C27H36F2N6O3S. The van der Waals surface area contributed by atoms with Crippen molar-refractivity contribution in [2.45, 2.75) is 45.7 Å². The largest absolute Gasteiger partial charge is 0.345 e. The molecule has 3 rings (SSSR count). The van der Waals surface area contributed by atoms with Crippen molar-refractivity contribution in [3.8, 4) is 0 Å². The van der Waals surface area contributed by atoms with Crippen molar-refractivity contribution >= 4 is 15.9 Å². The molecule has 0 aliphatic rings. The molecule has 0 aliphatic carbocycles. The maximum Gasteiger partial charge on any atom is 0.251 e. The van der Waals surface area contributed by atoms with Crippen molar-refractivity contribution < 1.29 is 22.0 Å². The first-order valence-corrected chi connectivity index (χ1v) is 14.7. The van der Waals surface area contributed by atoms with Gasteiger partial charge in [-0.3, -0.25) is 9.48 Å². The van der Waals surface area contributed by atoms with Gasteiger partial charge in [-0.1, -0.05) is 44.2 Å². The summed E-state index contributed by atoms with van der Waals surface area (Å²) in [6.07, 6.45) is 1.54. The minimum atomic E-state index is -3.62. The van der Waals surface area contributed by atoms with Crippen LogP contribution in [0.25, 0.3) is 0 Å². The number of halogens is 2. The Balaban J connectivity index is 1.72. The van der Waals surface area contributed by atoms with Crippen LogP contribution in [0.15, 0.2) is 48.5 Å². The Morgan fingerprint density at radius 1 is 1.08 bits per heavy atom. The van der Waals surface area contributed by atoms with Crippen molar-refractivity contribution in [2.24, 2.45) is 7.05 Å². The quantitative estimate of drug-likeness (QED) is 0.294. The number of amides is 1. The highest BCUT2D eigenvalue weighted by atomic mass is 32.2. The van der Waals surface area contributed by atoms with E-state index in [1.807, 2.05) is 44.2 Å². The van der Waals surface area contributed by atoms with Gasteiger partial charge in [0.25, 0.3) is 5.91 Å². The average Bonchev–Trinajstić information content (AvgIpc) is 3.30. The minimum Gasteiger partial charge on any atom is -0.345 e. The van der Waals surface area contributed by atoms with Crippen molar-refractivity contribution in [1.82, 2.24) is 29.7 Å². The zero-order chi connectivity index (χ0) is 28.4. The summed E-state index contributed by atoms with van der Waals surface area (Å²) in [5.41, 5.74) is 1.02. The van der Waals surface area contributed by atoms with Crippen molar-refractivity contribution in [3.63, 3.8) is 0 Å². The smallest absolute Gasteiger partial charge is 0.251 e. The first kappa shape index (κ1) is 30.3. The molecule has 12 heteroatoms. The molecule has 9 nitrogen and oxygen atoms in total. The molecule has 3 aromatic rings. The van der Waals surface area contributed by atoms with Crippen LogP contribution in [0.1, 0.15) is 60.3 Å². The topological polar surface area (TPSA) is 109 Å². The Kier molecular flexibility index (Phi) is 11.1. The van der Waals surface area contributed by atoms with Gasteiger partial charge in [0.2, 0.25) is 10.0 Å². The lowest BCUT2D eigenvalue weighted by atomic mass is 10.1. The normalized spacial score (nSPS) is 12.6.